The van der Waals surface area contributed by atoms with Gasteiger partial charge in [0, 0.05) is 6.42 Å². The van der Waals surface area contributed by atoms with E-state index < -0.39 is 17.9 Å². The minimum atomic E-state index is -1.08. The van der Waals surface area contributed by atoms with Crippen molar-refractivity contribution in [1.29, 1.82) is 0 Å². The monoisotopic (exact) mass is 359 g/mol. The van der Waals surface area contributed by atoms with Gasteiger partial charge in [0.25, 0.3) is 5.91 Å². The largest absolute Gasteiger partial charge is 0.480 e. The van der Waals surface area contributed by atoms with Crippen molar-refractivity contribution in [3.05, 3.63) is 70.2 Å². The number of benzene rings is 2. The second kappa shape index (κ2) is 7.70. The summed E-state index contributed by atoms with van der Waals surface area (Å²) in [5.41, 5.74) is 2.31. The van der Waals surface area contributed by atoms with Gasteiger partial charge in [-0.25, -0.2) is 4.79 Å². The van der Waals surface area contributed by atoms with E-state index in [1.54, 1.807) is 24.3 Å². The van der Waals surface area contributed by atoms with Gasteiger partial charge in [0.1, 0.15) is 6.04 Å². The first kappa shape index (κ1) is 19.0. The van der Waals surface area contributed by atoms with Crippen LogP contribution < -0.4 is 5.32 Å². The molecule has 2 aromatic rings. The van der Waals surface area contributed by atoms with Crippen molar-refractivity contribution in [2.75, 3.05) is 0 Å². The van der Waals surface area contributed by atoms with E-state index in [2.05, 4.69) is 26.1 Å². The Bertz CT molecular complexity index is 763. The summed E-state index contributed by atoms with van der Waals surface area (Å²) in [6.45, 7) is 6.35. The number of rotatable bonds is 5. The fraction of sp³-hybridized carbons (Fsp3) is 0.300. The second-order valence-corrected chi connectivity index (χ2v) is 7.40. The first-order chi connectivity index (χ1) is 11.7. The Morgan fingerprint density at radius 1 is 1.08 bits per heavy atom. The van der Waals surface area contributed by atoms with E-state index in [1.165, 1.54) is 5.56 Å². The molecule has 132 valence electrons. The van der Waals surface area contributed by atoms with Gasteiger partial charge < -0.3 is 10.4 Å². The molecule has 0 heterocycles. The fourth-order valence-electron chi connectivity index (χ4n) is 2.46. The van der Waals surface area contributed by atoms with Gasteiger partial charge in [0.15, 0.2) is 0 Å². The molecule has 1 amide bonds. The maximum absolute atomic E-state index is 12.3. The summed E-state index contributed by atoms with van der Waals surface area (Å²) >= 11 is 5.99. The van der Waals surface area contributed by atoms with E-state index in [0.29, 0.717) is 5.02 Å². The number of aliphatic carboxylic acids is 1. The lowest BCUT2D eigenvalue weighted by Gasteiger charge is -2.20. The summed E-state index contributed by atoms with van der Waals surface area (Å²) in [6, 6.07) is 13.3. The van der Waals surface area contributed by atoms with Crippen molar-refractivity contribution in [2.45, 2.75) is 38.6 Å². The molecule has 25 heavy (non-hydrogen) atoms. The van der Waals surface area contributed by atoms with Crippen LogP contribution in [0.5, 0.6) is 0 Å². The summed E-state index contributed by atoms with van der Waals surface area (Å²) in [5, 5.41) is 12.3. The average Bonchev–Trinajstić information content (AvgIpc) is 2.54. The molecular weight excluding hydrogens is 338 g/mol. The summed E-state index contributed by atoms with van der Waals surface area (Å²) in [7, 11) is 0. The molecule has 0 aliphatic heterocycles. The van der Waals surface area contributed by atoms with Crippen LogP contribution in [0.25, 0.3) is 0 Å². The standard InChI is InChI=1S/C20H22ClNO3/c1-20(2,3)14-10-8-13(9-11-14)12-17(19(24)25)22-18(23)15-6-4-5-7-16(15)21/h4-11,17H,12H2,1-3H3,(H,22,23)(H,24,25)/t17-/m1/s1. The summed E-state index contributed by atoms with van der Waals surface area (Å²) in [6.07, 6.45) is 0.204. The minimum Gasteiger partial charge on any atom is -0.480 e. The van der Waals surface area contributed by atoms with Crippen molar-refractivity contribution in [1.82, 2.24) is 5.32 Å². The molecule has 4 nitrogen and oxygen atoms in total. The van der Waals surface area contributed by atoms with Crippen molar-refractivity contribution in [3.8, 4) is 0 Å². The third-order valence-electron chi connectivity index (χ3n) is 3.98. The highest BCUT2D eigenvalue weighted by molar-refractivity contribution is 6.33. The predicted octanol–water partition coefficient (Wildman–Crippen LogP) is 4.06. The molecule has 2 N–H and O–H groups in total. The average molecular weight is 360 g/mol. The lowest BCUT2D eigenvalue weighted by molar-refractivity contribution is -0.139. The summed E-state index contributed by atoms with van der Waals surface area (Å²) in [4.78, 5) is 23.8. The minimum absolute atomic E-state index is 0.0308. The zero-order chi connectivity index (χ0) is 18.6. The number of hydrogen-bond acceptors (Lipinski definition) is 2. The Hall–Kier alpha value is -2.33. The highest BCUT2D eigenvalue weighted by Gasteiger charge is 2.22. The first-order valence-corrected chi connectivity index (χ1v) is 8.44. The van der Waals surface area contributed by atoms with Crippen LogP contribution in [0.3, 0.4) is 0 Å². The van der Waals surface area contributed by atoms with E-state index in [0.717, 1.165) is 5.56 Å². The SMILES string of the molecule is CC(C)(C)c1ccc(C[C@@H](NC(=O)c2ccccc2Cl)C(=O)O)cc1. The zero-order valence-corrected chi connectivity index (χ0v) is 15.3. The zero-order valence-electron chi connectivity index (χ0n) is 14.5. The Kier molecular flexibility index (Phi) is 5.85. The molecule has 0 saturated carbocycles. The lowest BCUT2D eigenvalue weighted by atomic mass is 9.86. The number of halogens is 1. The van der Waals surface area contributed by atoms with Gasteiger partial charge in [-0.15, -0.1) is 0 Å². The van der Waals surface area contributed by atoms with E-state index in [1.807, 2.05) is 24.3 Å². The Morgan fingerprint density at radius 3 is 2.20 bits per heavy atom. The van der Waals surface area contributed by atoms with Crippen molar-refractivity contribution >= 4 is 23.5 Å². The Morgan fingerprint density at radius 2 is 1.68 bits per heavy atom. The number of amides is 1. The molecule has 0 bridgehead atoms. The van der Waals surface area contributed by atoms with Crippen LogP contribution in [0.1, 0.15) is 42.3 Å². The molecular formula is C20H22ClNO3. The molecule has 1 atom stereocenters. The van der Waals surface area contributed by atoms with Gasteiger partial charge in [0.05, 0.1) is 10.6 Å². The van der Waals surface area contributed by atoms with Crippen LogP contribution in [0.15, 0.2) is 48.5 Å². The van der Waals surface area contributed by atoms with Gasteiger partial charge in [-0.05, 0) is 28.7 Å². The second-order valence-electron chi connectivity index (χ2n) is 7.00. The van der Waals surface area contributed by atoms with Crippen molar-refractivity contribution < 1.29 is 14.7 Å². The smallest absolute Gasteiger partial charge is 0.326 e. The molecule has 0 aliphatic carbocycles. The summed E-state index contributed by atoms with van der Waals surface area (Å²) < 4.78 is 0. The molecule has 0 radical (unpaired) electrons. The van der Waals surface area contributed by atoms with Crippen LogP contribution in [0, 0.1) is 0 Å². The van der Waals surface area contributed by atoms with E-state index in [9.17, 15) is 14.7 Å². The first-order valence-electron chi connectivity index (χ1n) is 8.06. The molecule has 0 aromatic heterocycles. The quantitative estimate of drug-likeness (QED) is 0.845. The highest BCUT2D eigenvalue weighted by atomic mass is 35.5. The number of carbonyl (C=O) groups is 2. The molecule has 0 aliphatic rings. The van der Waals surface area contributed by atoms with Gasteiger partial charge in [0.2, 0.25) is 0 Å². The maximum Gasteiger partial charge on any atom is 0.326 e. The van der Waals surface area contributed by atoms with E-state index in [-0.39, 0.29) is 17.4 Å². The van der Waals surface area contributed by atoms with Crippen LogP contribution in [-0.2, 0) is 16.6 Å². The van der Waals surface area contributed by atoms with Crippen LogP contribution >= 0.6 is 11.6 Å². The van der Waals surface area contributed by atoms with Crippen molar-refractivity contribution in [2.24, 2.45) is 0 Å². The van der Waals surface area contributed by atoms with E-state index in [4.69, 9.17) is 11.6 Å². The van der Waals surface area contributed by atoms with Crippen LogP contribution in [0.2, 0.25) is 5.02 Å². The highest BCUT2D eigenvalue weighted by Crippen LogP contribution is 2.22. The fourth-order valence-corrected chi connectivity index (χ4v) is 2.68. The molecule has 2 rings (SSSR count). The number of carboxylic acid groups (broad SMARTS) is 1. The molecule has 0 spiro atoms. The van der Waals surface area contributed by atoms with Gasteiger partial charge in [-0.3, -0.25) is 4.79 Å². The van der Waals surface area contributed by atoms with E-state index >= 15 is 0 Å². The van der Waals surface area contributed by atoms with Gasteiger partial charge in [-0.1, -0.05) is 68.8 Å². The summed E-state index contributed by atoms with van der Waals surface area (Å²) in [5.74, 6) is -1.58. The van der Waals surface area contributed by atoms with Crippen LogP contribution in [-0.4, -0.2) is 23.0 Å². The normalized spacial score (nSPS) is 12.5. The number of carboxylic acids is 1. The third kappa shape index (κ3) is 5.07. The number of nitrogens with one attached hydrogen (secondary N) is 1. The van der Waals surface area contributed by atoms with Crippen LogP contribution in [0.4, 0.5) is 0 Å². The topological polar surface area (TPSA) is 66.4 Å². The predicted molar refractivity (Wildman–Crippen MR) is 99.2 cm³/mol. The maximum atomic E-state index is 12.3. The molecule has 0 fully saturated rings. The Balaban J connectivity index is 2.12. The number of carbonyl (C=O) groups excluding carboxylic acids is 1. The molecule has 5 heteroatoms. The molecule has 0 unspecified atom stereocenters. The van der Waals surface area contributed by atoms with Gasteiger partial charge in [-0.2, -0.15) is 0 Å². The number of hydrogen-bond donors (Lipinski definition) is 2. The molecule has 2 aromatic carbocycles. The Labute approximate surface area is 152 Å². The lowest BCUT2D eigenvalue weighted by Crippen LogP contribution is -2.42. The van der Waals surface area contributed by atoms with Crippen molar-refractivity contribution in [3.63, 3.8) is 0 Å². The third-order valence-corrected chi connectivity index (χ3v) is 4.31. The molecule has 0 saturated heterocycles. The van der Waals surface area contributed by atoms with Gasteiger partial charge >= 0.3 is 5.97 Å².